The molecular weight excluding hydrogens is 158 g/mol. The minimum atomic E-state index is -0.904. The van der Waals surface area contributed by atoms with E-state index in [1.807, 2.05) is 0 Å². The van der Waals surface area contributed by atoms with E-state index in [0.717, 1.165) is 18.5 Å². The van der Waals surface area contributed by atoms with Crippen LogP contribution in [0.4, 0.5) is 0 Å². The van der Waals surface area contributed by atoms with Gasteiger partial charge in [-0.05, 0) is 12.8 Å². The van der Waals surface area contributed by atoms with E-state index in [9.17, 15) is 4.79 Å². The Balaban J connectivity index is 2.07. The van der Waals surface area contributed by atoms with E-state index < -0.39 is 5.97 Å². The Morgan fingerprint density at radius 2 is 2.50 bits per heavy atom. The Labute approximate surface area is 69.2 Å². The van der Waals surface area contributed by atoms with Crippen molar-refractivity contribution in [3.63, 3.8) is 0 Å². The molecule has 0 bridgehead atoms. The zero-order valence-corrected chi connectivity index (χ0v) is 6.49. The van der Waals surface area contributed by atoms with Crippen LogP contribution in [0.5, 0.6) is 0 Å². The first-order valence-corrected chi connectivity index (χ1v) is 3.92. The number of hydrogen-bond acceptors (Lipinski definition) is 3. The highest BCUT2D eigenvalue weighted by atomic mass is 16.4. The van der Waals surface area contributed by atoms with Crippen molar-refractivity contribution >= 4 is 5.97 Å². The largest absolute Gasteiger partial charge is 0.481 e. The minimum absolute atomic E-state index is 0.118. The van der Waals surface area contributed by atoms with Crippen LogP contribution in [0.25, 0.3) is 0 Å². The number of carbonyl (C=O) groups is 1. The van der Waals surface area contributed by atoms with Crippen molar-refractivity contribution in [1.82, 2.24) is 4.98 Å². The normalized spacial score (nSPS) is 16.3. The Morgan fingerprint density at radius 3 is 3.08 bits per heavy atom. The van der Waals surface area contributed by atoms with Gasteiger partial charge in [-0.15, -0.1) is 0 Å². The molecule has 1 aliphatic carbocycles. The quantitative estimate of drug-likeness (QED) is 0.734. The molecule has 12 heavy (non-hydrogen) atoms. The van der Waals surface area contributed by atoms with Crippen LogP contribution in [0, 0.1) is 0 Å². The summed E-state index contributed by atoms with van der Waals surface area (Å²) in [5, 5.41) is 8.43. The Morgan fingerprint density at radius 1 is 1.75 bits per heavy atom. The van der Waals surface area contributed by atoms with Crippen molar-refractivity contribution in [2.24, 2.45) is 0 Å². The van der Waals surface area contributed by atoms with Gasteiger partial charge in [0.2, 0.25) is 5.89 Å². The zero-order chi connectivity index (χ0) is 8.55. The van der Waals surface area contributed by atoms with E-state index in [4.69, 9.17) is 9.52 Å². The van der Waals surface area contributed by atoms with E-state index in [1.165, 1.54) is 0 Å². The number of nitrogens with zero attached hydrogens (tertiary/aromatic N) is 1. The third-order valence-electron chi connectivity index (χ3n) is 1.87. The summed E-state index contributed by atoms with van der Waals surface area (Å²) in [6.07, 6.45) is 3.75. The number of carboxylic acids is 1. The standard InChI is InChI=1S/C8H9NO3/c10-8(11)3-7-9-6(4-12-7)5-1-2-5/h4-5H,1-3H2,(H,10,11). The van der Waals surface area contributed by atoms with Crippen molar-refractivity contribution in [2.45, 2.75) is 25.2 Å². The maximum absolute atomic E-state index is 10.3. The lowest BCUT2D eigenvalue weighted by Gasteiger charge is -1.85. The van der Waals surface area contributed by atoms with Gasteiger partial charge in [0, 0.05) is 5.92 Å². The number of oxazole rings is 1. The second-order valence-electron chi connectivity index (χ2n) is 3.01. The fraction of sp³-hybridized carbons (Fsp3) is 0.500. The third kappa shape index (κ3) is 1.47. The summed E-state index contributed by atoms with van der Waals surface area (Å²) in [5.74, 6) is -0.0695. The molecule has 1 aliphatic rings. The van der Waals surface area contributed by atoms with Crippen molar-refractivity contribution < 1.29 is 14.3 Å². The van der Waals surface area contributed by atoms with E-state index >= 15 is 0 Å². The van der Waals surface area contributed by atoms with Gasteiger partial charge in [0.25, 0.3) is 0 Å². The first-order valence-electron chi connectivity index (χ1n) is 3.92. The topological polar surface area (TPSA) is 63.3 Å². The van der Waals surface area contributed by atoms with Crippen molar-refractivity contribution in [3.8, 4) is 0 Å². The molecule has 0 saturated heterocycles. The predicted octanol–water partition coefficient (Wildman–Crippen LogP) is 1.18. The molecule has 1 N–H and O–H groups in total. The number of aromatic nitrogens is 1. The molecular formula is C8H9NO3. The van der Waals surface area contributed by atoms with Crippen LogP contribution in [0.3, 0.4) is 0 Å². The lowest BCUT2D eigenvalue weighted by molar-refractivity contribution is -0.136. The Bertz CT molecular complexity index is 301. The lowest BCUT2D eigenvalue weighted by Crippen LogP contribution is -2.00. The van der Waals surface area contributed by atoms with Crippen LogP contribution in [0.2, 0.25) is 0 Å². The maximum atomic E-state index is 10.3. The molecule has 1 aromatic rings. The van der Waals surface area contributed by atoms with Gasteiger partial charge in [-0.3, -0.25) is 4.79 Å². The van der Waals surface area contributed by atoms with Gasteiger partial charge < -0.3 is 9.52 Å². The van der Waals surface area contributed by atoms with Gasteiger partial charge >= 0.3 is 5.97 Å². The molecule has 0 unspecified atom stereocenters. The highest BCUT2D eigenvalue weighted by Crippen LogP contribution is 2.39. The fourth-order valence-corrected chi connectivity index (χ4v) is 1.10. The van der Waals surface area contributed by atoms with Crippen LogP contribution in [-0.4, -0.2) is 16.1 Å². The second kappa shape index (κ2) is 2.62. The first-order chi connectivity index (χ1) is 5.75. The predicted molar refractivity (Wildman–Crippen MR) is 39.8 cm³/mol. The van der Waals surface area contributed by atoms with Gasteiger partial charge in [-0.1, -0.05) is 0 Å². The molecule has 0 aromatic carbocycles. The molecule has 0 atom stereocenters. The van der Waals surface area contributed by atoms with E-state index in [0.29, 0.717) is 11.8 Å². The SMILES string of the molecule is O=C(O)Cc1nc(C2CC2)co1. The molecule has 1 aromatic heterocycles. The molecule has 2 rings (SSSR count). The molecule has 1 fully saturated rings. The average molecular weight is 167 g/mol. The number of rotatable bonds is 3. The molecule has 0 amide bonds. The van der Waals surface area contributed by atoms with E-state index in [-0.39, 0.29) is 6.42 Å². The van der Waals surface area contributed by atoms with Crippen LogP contribution < -0.4 is 0 Å². The lowest BCUT2D eigenvalue weighted by atomic mass is 10.3. The monoisotopic (exact) mass is 167 g/mol. The average Bonchev–Trinajstić information content (AvgIpc) is 2.73. The van der Waals surface area contributed by atoms with Crippen molar-refractivity contribution in [1.29, 1.82) is 0 Å². The molecule has 0 aliphatic heterocycles. The van der Waals surface area contributed by atoms with Gasteiger partial charge in [0.1, 0.15) is 12.7 Å². The minimum Gasteiger partial charge on any atom is -0.481 e. The van der Waals surface area contributed by atoms with E-state index in [1.54, 1.807) is 6.26 Å². The van der Waals surface area contributed by atoms with Gasteiger partial charge in [0.15, 0.2) is 0 Å². The molecule has 4 heteroatoms. The Kier molecular flexibility index (Phi) is 1.60. The number of aliphatic carboxylic acids is 1. The van der Waals surface area contributed by atoms with Crippen LogP contribution in [0.1, 0.15) is 30.3 Å². The number of hydrogen-bond donors (Lipinski definition) is 1. The van der Waals surface area contributed by atoms with E-state index in [2.05, 4.69) is 4.98 Å². The van der Waals surface area contributed by atoms with Crippen LogP contribution in [-0.2, 0) is 11.2 Å². The van der Waals surface area contributed by atoms with Crippen LogP contribution in [0.15, 0.2) is 10.7 Å². The summed E-state index contributed by atoms with van der Waals surface area (Å²) >= 11 is 0. The zero-order valence-electron chi connectivity index (χ0n) is 6.49. The van der Waals surface area contributed by atoms with Crippen LogP contribution >= 0.6 is 0 Å². The summed E-state index contributed by atoms with van der Waals surface area (Å²) in [7, 11) is 0. The highest BCUT2D eigenvalue weighted by Gasteiger charge is 2.27. The van der Waals surface area contributed by atoms with Crippen molar-refractivity contribution in [3.05, 3.63) is 17.8 Å². The summed E-state index contributed by atoms with van der Waals surface area (Å²) in [4.78, 5) is 14.3. The Hall–Kier alpha value is -1.32. The highest BCUT2D eigenvalue weighted by molar-refractivity contribution is 5.68. The summed E-state index contributed by atoms with van der Waals surface area (Å²) in [5.41, 5.74) is 0.909. The van der Waals surface area contributed by atoms with Gasteiger partial charge in [0.05, 0.1) is 5.69 Å². The first kappa shape index (κ1) is 7.34. The summed E-state index contributed by atoms with van der Waals surface area (Å²) in [6.45, 7) is 0. The van der Waals surface area contributed by atoms with Gasteiger partial charge in [-0.25, -0.2) is 4.98 Å². The molecule has 1 heterocycles. The molecule has 0 spiro atoms. The maximum Gasteiger partial charge on any atom is 0.312 e. The summed E-state index contributed by atoms with van der Waals surface area (Å²) in [6, 6.07) is 0. The smallest absolute Gasteiger partial charge is 0.312 e. The third-order valence-corrected chi connectivity index (χ3v) is 1.87. The number of carboxylic acid groups (broad SMARTS) is 1. The molecule has 0 radical (unpaired) electrons. The fourth-order valence-electron chi connectivity index (χ4n) is 1.10. The van der Waals surface area contributed by atoms with Gasteiger partial charge in [-0.2, -0.15) is 0 Å². The second-order valence-corrected chi connectivity index (χ2v) is 3.01. The summed E-state index contributed by atoms with van der Waals surface area (Å²) < 4.78 is 4.98. The molecule has 64 valence electrons. The van der Waals surface area contributed by atoms with Crippen molar-refractivity contribution in [2.75, 3.05) is 0 Å². The molecule has 4 nitrogen and oxygen atoms in total. The molecule has 1 saturated carbocycles.